The molecule has 1 fully saturated rings. The molecule has 0 N–H and O–H groups in total. The van der Waals surface area contributed by atoms with Crippen molar-refractivity contribution in [2.24, 2.45) is 0 Å². The van der Waals surface area contributed by atoms with Crippen molar-refractivity contribution in [2.45, 2.75) is 20.3 Å². The molecule has 0 atom stereocenters. The summed E-state index contributed by atoms with van der Waals surface area (Å²) in [6, 6.07) is 12.2. The summed E-state index contributed by atoms with van der Waals surface area (Å²) in [6.07, 6.45) is 0.515. The van der Waals surface area contributed by atoms with Crippen LogP contribution in [-0.4, -0.2) is 51.9 Å². The molecule has 8 nitrogen and oxygen atoms in total. The molecule has 0 radical (unpaired) electrons. The average Bonchev–Trinajstić information content (AvgIpc) is 2.80. The molecule has 170 valence electrons. The van der Waals surface area contributed by atoms with Gasteiger partial charge in [-0.3, -0.25) is 14.9 Å². The molecule has 1 aliphatic rings. The Balaban J connectivity index is 1.50. The van der Waals surface area contributed by atoms with Crippen molar-refractivity contribution in [3.05, 3.63) is 92.7 Å². The lowest BCUT2D eigenvalue weighted by molar-refractivity contribution is -0.384. The number of nitrogens with zero attached hydrogens (tertiary/aromatic N) is 5. The van der Waals surface area contributed by atoms with Gasteiger partial charge in [-0.1, -0.05) is 12.1 Å². The van der Waals surface area contributed by atoms with E-state index in [4.69, 9.17) is 0 Å². The number of benzene rings is 2. The van der Waals surface area contributed by atoms with E-state index >= 15 is 0 Å². The third kappa shape index (κ3) is 4.97. The van der Waals surface area contributed by atoms with Gasteiger partial charge in [-0.05, 0) is 43.7 Å². The Labute approximate surface area is 190 Å². The Hall–Kier alpha value is -3.88. The third-order valence-electron chi connectivity index (χ3n) is 5.77. The van der Waals surface area contributed by atoms with Gasteiger partial charge >= 0.3 is 0 Å². The second-order valence-electron chi connectivity index (χ2n) is 8.05. The highest BCUT2D eigenvalue weighted by Gasteiger charge is 2.25. The molecule has 0 aliphatic carbocycles. The fraction of sp³-hybridized carbons (Fsp3) is 0.292. The summed E-state index contributed by atoms with van der Waals surface area (Å²) in [5.74, 6) is 1.04. The maximum absolute atomic E-state index is 13.7. The lowest BCUT2D eigenvalue weighted by Crippen LogP contribution is -2.49. The minimum absolute atomic E-state index is 0.0447. The molecule has 0 unspecified atom stereocenters. The predicted molar refractivity (Wildman–Crippen MR) is 122 cm³/mol. The van der Waals surface area contributed by atoms with E-state index in [0.717, 1.165) is 22.6 Å². The number of hydrogen-bond donors (Lipinski definition) is 0. The lowest BCUT2D eigenvalue weighted by Gasteiger charge is -2.36. The minimum Gasteiger partial charge on any atom is -0.353 e. The minimum atomic E-state index is -0.486. The van der Waals surface area contributed by atoms with E-state index < -0.39 is 4.92 Å². The van der Waals surface area contributed by atoms with Crippen LogP contribution in [0.1, 0.15) is 33.0 Å². The number of amides is 1. The van der Waals surface area contributed by atoms with E-state index in [1.807, 2.05) is 19.9 Å². The van der Waals surface area contributed by atoms with E-state index in [-0.39, 0.29) is 17.4 Å². The number of rotatable bonds is 5. The molecule has 2 heterocycles. The normalized spacial score (nSPS) is 13.8. The summed E-state index contributed by atoms with van der Waals surface area (Å²) in [7, 11) is 0. The molecule has 4 rings (SSSR count). The van der Waals surface area contributed by atoms with E-state index in [9.17, 15) is 19.3 Å². The average molecular weight is 449 g/mol. The van der Waals surface area contributed by atoms with Crippen molar-refractivity contribution in [3.8, 4) is 0 Å². The quantitative estimate of drug-likeness (QED) is 0.436. The van der Waals surface area contributed by atoms with E-state index in [2.05, 4.69) is 14.9 Å². The SMILES string of the molecule is Cc1nc(C)c(Cc2cccc(F)c2)c(N2CCN(C(=O)c3ccc([N+](=O)[O-])cc3)CC2)n1. The number of carbonyl (C=O) groups is 1. The van der Waals surface area contributed by atoms with Crippen molar-refractivity contribution in [3.63, 3.8) is 0 Å². The Bertz CT molecular complexity index is 1190. The molecular formula is C24H24FN5O3. The molecule has 9 heteroatoms. The maximum Gasteiger partial charge on any atom is 0.269 e. The summed E-state index contributed by atoms with van der Waals surface area (Å²) in [5, 5.41) is 10.8. The summed E-state index contributed by atoms with van der Waals surface area (Å²) in [4.78, 5) is 36.3. The van der Waals surface area contributed by atoms with Gasteiger partial charge in [0.2, 0.25) is 0 Å². The lowest BCUT2D eigenvalue weighted by atomic mass is 10.0. The Morgan fingerprint density at radius 1 is 1.06 bits per heavy atom. The molecule has 33 heavy (non-hydrogen) atoms. The van der Waals surface area contributed by atoms with Crippen LogP contribution in [0.3, 0.4) is 0 Å². The number of aryl methyl sites for hydroxylation is 2. The van der Waals surface area contributed by atoms with Crippen molar-refractivity contribution in [2.75, 3.05) is 31.1 Å². The number of hydrogen-bond acceptors (Lipinski definition) is 6. The topological polar surface area (TPSA) is 92.5 Å². The van der Waals surface area contributed by atoms with Crippen LogP contribution >= 0.6 is 0 Å². The number of halogens is 1. The number of non-ortho nitro benzene ring substituents is 1. The van der Waals surface area contributed by atoms with Crippen LogP contribution < -0.4 is 4.90 Å². The number of aromatic nitrogens is 2. The van der Waals surface area contributed by atoms with Crippen molar-refractivity contribution < 1.29 is 14.1 Å². The largest absolute Gasteiger partial charge is 0.353 e. The summed E-state index contributed by atoms with van der Waals surface area (Å²) < 4.78 is 13.7. The maximum atomic E-state index is 13.7. The number of carbonyl (C=O) groups excluding carboxylic acids is 1. The van der Waals surface area contributed by atoms with Crippen LogP contribution in [0, 0.1) is 29.8 Å². The van der Waals surface area contributed by atoms with Crippen molar-refractivity contribution in [1.82, 2.24) is 14.9 Å². The third-order valence-corrected chi connectivity index (χ3v) is 5.77. The Morgan fingerprint density at radius 2 is 1.76 bits per heavy atom. The van der Waals surface area contributed by atoms with Crippen LogP contribution in [0.4, 0.5) is 15.9 Å². The molecule has 0 bridgehead atoms. The van der Waals surface area contributed by atoms with Gasteiger partial charge in [0.25, 0.3) is 11.6 Å². The second kappa shape index (κ2) is 9.32. The predicted octanol–water partition coefficient (Wildman–Crippen LogP) is 3.69. The van der Waals surface area contributed by atoms with E-state index in [0.29, 0.717) is 44.0 Å². The highest BCUT2D eigenvalue weighted by atomic mass is 19.1. The van der Waals surface area contributed by atoms with Gasteiger partial charge in [0, 0.05) is 61.6 Å². The monoisotopic (exact) mass is 449 g/mol. The van der Waals surface area contributed by atoms with Crippen LogP contribution in [0.15, 0.2) is 48.5 Å². The van der Waals surface area contributed by atoms with Crippen LogP contribution in [-0.2, 0) is 6.42 Å². The fourth-order valence-electron chi connectivity index (χ4n) is 4.07. The first-order valence-electron chi connectivity index (χ1n) is 10.7. The zero-order chi connectivity index (χ0) is 23.5. The van der Waals surface area contributed by atoms with Gasteiger partial charge in [-0.25, -0.2) is 14.4 Å². The summed E-state index contributed by atoms with van der Waals surface area (Å²) >= 11 is 0. The van der Waals surface area contributed by atoms with Crippen molar-refractivity contribution >= 4 is 17.4 Å². The van der Waals surface area contributed by atoms with Crippen LogP contribution in [0.2, 0.25) is 0 Å². The van der Waals surface area contributed by atoms with E-state index in [1.165, 1.54) is 36.4 Å². The highest BCUT2D eigenvalue weighted by Crippen LogP contribution is 2.26. The van der Waals surface area contributed by atoms with Crippen LogP contribution in [0.25, 0.3) is 0 Å². The number of nitro benzene ring substituents is 1. The molecule has 3 aromatic rings. The molecule has 0 saturated carbocycles. The number of piperazine rings is 1. The van der Waals surface area contributed by atoms with Gasteiger partial charge in [0.15, 0.2) is 0 Å². The summed E-state index contributed by atoms with van der Waals surface area (Å²) in [6.45, 7) is 5.95. The molecule has 1 aliphatic heterocycles. The highest BCUT2D eigenvalue weighted by molar-refractivity contribution is 5.94. The molecule has 2 aromatic carbocycles. The first kappa shape index (κ1) is 22.3. The van der Waals surface area contributed by atoms with Crippen molar-refractivity contribution in [1.29, 1.82) is 0 Å². The van der Waals surface area contributed by atoms with Gasteiger partial charge in [0.1, 0.15) is 17.5 Å². The standard InChI is InChI=1S/C24H24FN5O3/c1-16-22(15-18-4-3-5-20(25)14-18)23(27-17(2)26-16)28-10-12-29(13-11-28)24(31)19-6-8-21(9-7-19)30(32)33/h3-9,14H,10-13,15H2,1-2H3. The zero-order valence-corrected chi connectivity index (χ0v) is 18.5. The van der Waals surface area contributed by atoms with E-state index in [1.54, 1.807) is 11.0 Å². The second-order valence-corrected chi connectivity index (χ2v) is 8.05. The van der Waals surface area contributed by atoms with Gasteiger partial charge in [-0.15, -0.1) is 0 Å². The zero-order valence-electron chi connectivity index (χ0n) is 18.5. The first-order valence-corrected chi connectivity index (χ1v) is 10.7. The Morgan fingerprint density at radius 3 is 2.39 bits per heavy atom. The first-order chi connectivity index (χ1) is 15.8. The number of nitro groups is 1. The van der Waals surface area contributed by atoms with Gasteiger partial charge < -0.3 is 9.80 Å². The molecule has 1 amide bonds. The molecule has 1 saturated heterocycles. The molecule has 1 aromatic heterocycles. The number of anilines is 1. The molecular weight excluding hydrogens is 425 g/mol. The Kier molecular flexibility index (Phi) is 6.30. The summed E-state index contributed by atoms with van der Waals surface area (Å²) in [5.41, 5.74) is 3.03. The van der Waals surface area contributed by atoms with Gasteiger partial charge in [-0.2, -0.15) is 0 Å². The van der Waals surface area contributed by atoms with Crippen LogP contribution in [0.5, 0.6) is 0 Å². The fourth-order valence-corrected chi connectivity index (χ4v) is 4.07. The van der Waals surface area contributed by atoms with Gasteiger partial charge in [0.05, 0.1) is 4.92 Å². The smallest absolute Gasteiger partial charge is 0.269 e. The molecule has 0 spiro atoms.